The van der Waals surface area contributed by atoms with E-state index in [4.69, 9.17) is 0 Å². The zero-order chi connectivity index (χ0) is 18.1. The summed E-state index contributed by atoms with van der Waals surface area (Å²) in [5.41, 5.74) is 1.85. The number of carbonyl (C=O) groups excluding carboxylic acids is 3. The van der Waals surface area contributed by atoms with Crippen LogP contribution in [0.5, 0.6) is 0 Å². The lowest BCUT2D eigenvalue weighted by Gasteiger charge is -2.18. The van der Waals surface area contributed by atoms with Gasteiger partial charge in [0.25, 0.3) is 17.7 Å². The highest BCUT2D eigenvalue weighted by molar-refractivity contribution is 6.35. The molecule has 0 radical (unpaired) electrons. The highest BCUT2D eigenvalue weighted by atomic mass is 16.2. The van der Waals surface area contributed by atoms with Gasteiger partial charge in [0.1, 0.15) is 0 Å². The van der Waals surface area contributed by atoms with Gasteiger partial charge in [-0.15, -0.1) is 0 Å². The molecular weight excluding hydrogens is 328 g/mol. The van der Waals surface area contributed by atoms with Crippen molar-refractivity contribution in [2.24, 2.45) is 0 Å². The number of nitrogens with one attached hydrogen (secondary N) is 1. The van der Waals surface area contributed by atoms with Crippen molar-refractivity contribution in [2.75, 3.05) is 10.2 Å². The largest absolute Gasteiger partial charge is 0.322 e. The van der Waals surface area contributed by atoms with E-state index in [9.17, 15) is 14.4 Å². The van der Waals surface area contributed by atoms with E-state index in [1.165, 1.54) is 0 Å². The maximum atomic E-state index is 12.7. The Morgan fingerprint density at radius 2 is 1.23 bits per heavy atom. The van der Waals surface area contributed by atoms with Crippen LogP contribution in [0.25, 0.3) is 0 Å². The van der Waals surface area contributed by atoms with Crippen molar-refractivity contribution in [3.8, 4) is 0 Å². The number of rotatable bonds is 3. The Bertz CT molecular complexity index is 993. The second-order valence-corrected chi connectivity index (χ2v) is 5.83. The molecule has 0 spiro atoms. The molecule has 5 heteroatoms. The van der Waals surface area contributed by atoms with E-state index in [1.54, 1.807) is 60.7 Å². The number of para-hydroxylation sites is 2. The molecule has 3 aromatic carbocycles. The molecule has 0 aromatic heterocycles. The molecular formula is C21H14N2O3. The van der Waals surface area contributed by atoms with Gasteiger partial charge in [0.15, 0.2) is 0 Å². The molecule has 0 saturated carbocycles. The molecule has 4 rings (SSSR count). The van der Waals surface area contributed by atoms with Crippen molar-refractivity contribution in [3.05, 3.63) is 95.6 Å². The molecule has 1 heterocycles. The molecule has 0 unspecified atom stereocenters. The topological polar surface area (TPSA) is 66.5 Å². The molecule has 1 aliphatic heterocycles. The Morgan fingerprint density at radius 1 is 0.692 bits per heavy atom. The fourth-order valence-electron chi connectivity index (χ4n) is 2.99. The van der Waals surface area contributed by atoms with Gasteiger partial charge in [-0.05, 0) is 36.4 Å². The number of carbonyl (C=O) groups is 3. The standard InChI is InChI=1S/C21H14N2O3/c24-19(22-14-8-2-1-3-9-14)17-12-6-7-13-18(17)23-20(25)15-10-4-5-11-16(15)21(23)26/h1-13H,(H,22,24). The smallest absolute Gasteiger partial charge is 0.266 e. The second-order valence-electron chi connectivity index (χ2n) is 5.83. The van der Waals surface area contributed by atoms with Crippen LogP contribution < -0.4 is 10.2 Å². The lowest BCUT2D eigenvalue weighted by molar-refractivity contribution is 0.0926. The summed E-state index contributed by atoms with van der Waals surface area (Å²) in [5, 5.41) is 2.78. The van der Waals surface area contributed by atoms with Crippen LogP contribution >= 0.6 is 0 Å². The van der Waals surface area contributed by atoms with Crippen LogP contribution in [0.4, 0.5) is 11.4 Å². The first kappa shape index (κ1) is 15.8. The normalized spacial score (nSPS) is 12.8. The Hall–Kier alpha value is -3.73. The zero-order valence-corrected chi connectivity index (χ0v) is 13.7. The van der Waals surface area contributed by atoms with Crippen molar-refractivity contribution in [2.45, 2.75) is 0 Å². The van der Waals surface area contributed by atoms with E-state index in [0.717, 1.165) is 4.90 Å². The van der Waals surface area contributed by atoms with Crippen LogP contribution in [0.3, 0.4) is 0 Å². The van der Waals surface area contributed by atoms with Crippen molar-refractivity contribution >= 4 is 29.1 Å². The zero-order valence-electron chi connectivity index (χ0n) is 13.7. The fourth-order valence-corrected chi connectivity index (χ4v) is 2.99. The van der Waals surface area contributed by atoms with Gasteiger partial charge in [0, 0.05) is 5.69 Å². The lowest BCUT2D eigenvalue weighted by Crippen LogP contribution is -2.31. The molecule has 3 aromatic rings. The molecule has 0 atom stereocenters. The monoisotopic (exact) mass is 342 g/mol. The summed E-state index contributed by atoms with van der Waals surface area (Å²) < 4.78 is 0. The summed E-state index contributed by atoms with van der Waals surface area (Å²) in [6.07, 6.45) is 0. The number of imide groups is 1. The molecule has 0 saturated heterocycles. The maximum absolute atomic E-state index is 12.7. The maximum Gasteiger partial charge on any atom is 0.266 e. The van der Waals surface area contributed by atoms with Gasteiger partial charge in [-0.2, -0.15) is 0 Å². The number of hydrogen-bond acceptors (Lipinski definition) is 3. The minimum atomic E-state index is -0.425. The van der Waals surface area contributed by atoms with E-state index in [1.807, 2.05) is 18.2 Å². The van der Waals surface area contributed by atoms with Crippen LogP contribution in [-0.2, 0) is 0 Å². The summed E-state index contributed by atoms with van der Waals surface area (Å²) in [6, 6.07) is 22.2. The Balaban J connectivity index is 1.72. The molecule has 1 aliphatic rings. The van der Waals surface area contributed by atoms with Crippen molar-refractivity contribution in [1.82, 2.24) is 0 Å². The third kappa shape index (κ3) is 2.56. The van der Waals surface area contributed by atoms with E-state index in [-0.39, 0.29) is 17.2 Å². The molecule has 126 valence electrons. The third-order valence-corrected chi connectivity index (χ3v) is 4.22. The molecule has 5 nitrogen and oxygen atoms in total. The molecule has 26 heavy (non-hydrogen) atoms. The number of hydrogen-bond donors (Lipinski definition) is 1. The van der Waals surface area contributed by atoms with Crippen LogP contribution in [0.2, 0.25) is 0 Å². The first-order chi connectivity index (χ1) is 12.7. The van der Waals surface area contributed by atoms with Crippen LogP contribution in [0.1, 0.15) is 31.1 Å². The first-order valence-electron chi connectivity index (χ1n) is 8.10. The van der Waals surface area contributed by atoms with Gasteiger partial charge in [-0.1, -0.05) is 42.5 Å². The van der Waals surface area contributed by atoms with Gasteiger partial charge >= 0.3 is 0 Å². The van der Waals surface area contributed by atoms with Crippen molar-refractivity contribution in [3.63, 3.8) is 0 Å². The average Bonchev–Trinajstić information content (AvgIpc) is 2.93. The van der Waals surface area contributed by atoms with Gasteiger partial charge in [-0.3, -0.25) is 14.4 Å². The Kier molecular flexibility index (Phi) is 3.82. The number of anilines is 2. The van der Waals surface area contributed by atoms with Gasteiger partial charge in [0.05, 0.1) is 22.4 Å². The Labute approximate surface area is 149 Å². The Morgan fingerprint density at radius 3 is 1.88 bits per heavy atom. The summed E-state index contributed by atoms with van der Waals surface area (Å²) in [6.45, 7) is 0. The number of fused-ring (bicyclic) bond motifs is 1. The highest BCUT2D eigenvalue weighted by Crippen LogP contribution is 2.31. The molecule has 3 amide bonds. The highest BCUT2D eigenvalue weighted by Gasteiger charge is 2.37. The van der Waals surface area contributed by atoms with E-state index in [2.05, 4.69) is 5.32 Å². The van der Waals surface area contributed by atoms with E-state index < -0.39 is 11.8 Å². The average molecular weight is 342 g/mol. The summed E-state index contributed by atoms with van der Waals surface area (Å²) in [4.78, 5) is 39.2. The van der Waals surface area contributed by atoms with E-state index >= 15 is 0 Å². The van der Waals surface area contributed by atoms with Crippen LogP contribution in [0, 0.1) is 0 Å². The fraction of sp³-hybridized carbons (Fsp3) is 0. The van der Waals surface area contributed by atoms with Gasteiger partial charge in [-0.25, -0.2) is 4.90 Å². The molecule has 0 fully saturated rings. The summed E-state index contributed by atoms with van der Waals surface area (Å²) in [5.74, 6) is -1.24. The lowest BCUT2D eigenvalue weighted by atomic mass is 10.1. The van der Waals surface area contributed by atoms with Crippen LogP contribution in [0.15, 0.2) is 78.9 Å². The third-order valence-electron chi connectivity index (χ3n) is 4.22. The predicted molar refractivity (Wildman–Crippen MR) is 98.4 cm³/mol. The molecule has 1 N–H and O–H groups in total. The number of amides is 3. The summed E-state index contributed by atoms with van der Waals surface area (Å²) in [7, 11) is 0. The van der Waals surface area contributed by atoms with E-state index in [0.29, 0.717) is 16.8 Å². The van der Waals surface area contributed by atoms with Gasteiger partial charge in [0.2, 0.25) is 0 Å². The molecule has 0 bridgehead atoms. The van der Waals surface area contributed by atoms with Crippen molar-refractivity contribution < 1.29 is 14.4 Å². The molecule has 0 aliphatic carbocycles. The second kappa shape index (κ2) is 6.29. The first-order valence-corrected chi connectivity index (χ1v) is 8.10. The predicted octanol–water partition coefficient (Wildman–Crippen LogP) is 3.74. The number of benzene rings is 3. The van der Waals surface area contributed by atoms with Crippen molar-refractivity contribution in [1.29, 1.82) is 0 Å². The SMILES string of the molecule is O=C(Nc1ccccc1)c1ccccc1N1C(=O)c2ccccc2C1=O. The number of nitrogens with zero attached hydrogens (tertiary/aromatic N) is 1. The minimum absolute atomic E-state index is 0.255. The van der Waals surface area contributed by atoms with Gasteiger partial charge < -0.3 is 5.32 Å². The minimum Gasteiger partial charge on any atom is -0.322 e. The summed E-state index contributed by atoms with van der Waals surface area (Å²) >= 11 is 0. The quantitative estimate of drug-likeness (QED) is 0.737. The van der Waals surface area contributed by atoms with Crippen LogP contribution in [-0.4, -0.2) is 17.7 Å².